The Morgan fingerprint density at radius 3 is 2.65 bits per heavy atom. The Morgan fingerprint density at radius 2 is 1.88 bits per heavy atom. The van der Waals surface area contributed by atoms with E-state index in [0.717, 1.165) is 11.3 Å². The van der Waals surface area contributed by atoms with Crippen LogP contribution in [0.1, 0.15) is 22.2 Å². The van der Waals surface area contributed by atoms with Crippen molar-refractivity contribution in [2.45, 2.75) is 6.10 Å². The second-order valence-electron chi connectivity index (χ2n) is 6.03. The summed E-state index contributed by atoms with van der Waals surface area (Å²) in [6, 6.07) is 17.0. The standard InChI is InChI=1S/C19H17ClN4O2/c20-15-8-6-14(7-9-15)18-13-23(10-11-26-18)19(25)17-12-21-22-24(17)16-4-2-1-3-5-16/h1-9,12,18H,10-11,13H2/t18-/m0/s1. The highest BCUT2D eigenvalue weighted by atomic mass is 35.5. The zero-order valence-electron chi connectivity index (χ0n) is 14.0. The lowest BCUT2D eigenvalue weighted by molar-refractivity contribution is -0.0231. The first-order valence-corrected chi connectivity index (χ1v) is 8.72. The number of rotatable bonds is 3. The third-order valence-electron chi connectivity index (χ3n) is 4.36. The second kappa shape index (κ2) is 7.27. The van der Waals surface area contributed by atoms with E-state index in [1.54, 1.807) is 9.58 Å². The summed E-state index contributed by atoms with van der Waals surface area (Å²) in [5.74, 6) is -0.110. The molecule has 1 saturated heterocycles. The van der Waals surface area contributed by atoms with E-state index in [2.05, 4.69) is 10.3 Å². The number of nitrogens with zero attached hydrogens (tertiary/aromatic N) is 4. The zero-order chi connectivity index (χ0) is 17.9. The molecule has 7 heteroatoms. The number of hydrogen-bond acceptors (Lipinski definition) is 4. The van der Waals surface area contributed by atoms with E-state index in [1.807, 2.05) is 54.6 Å². The van der Waals surface area contributed by atoms with Crippen molar-refractivity contribution in [3.8, 4) is 5.69 Å². The minimum absolute atomic E-state index is 0.110. The molecule has 2 aromatic carbocycles. The normalized spacial score (nSPS) is 17.3. The van der Waals surface area contributed by atoms with Crippen LogP contribution in [0.25, 0.3) is 5.69 Å². The smallest absolute Gasteiger partial charge is 0.274 e. The number of carbonyl (C=O) groups excluding carboxylic acids is 1. The molecule has 132 valence electrons. The van der Waals surface area contributed by atoms with Crippen molar-refractivity contribution in [3.63, 3.8) is 0 Å². The van der Waals surface area contributed by atoms with E-state index < -0.39 is 0 Å². The van der Waals surface area contributed by atoms with Crippen LogP contribution in [0.5, 0.6) is 0 Å². The molecule has 0 unspecified atom stereocenters. The van der Waals surface area contributed by atoms with E-state index >= 15 is 0 Å². The quantitative estimate of drug-likeness (QED) is 0.712. The molecule has 0 N–H and O–H groups in total. The molecule has 0 saturated carbocycles. The third-order valence-corrected chi connectivity index (χ3v) is 4.62. The lowest BCUT2D eigenvalue weighted by Gasteiger charge is -2.33. The van der Waals surface area contributed by atoms with Gasteiger partial charge in [-0.1, -0.05) is 47.1 Å². The molecule has 6 nitrogen and oxygen atoms in total. The summed E-state index contributed by atoms with van der Waals surface area (Å²) in [7, 11) is 0. The maximum Gasteiger partial charge on any atom is 0.274 e. The maximum atomic E-state index is 13.0. The summed E-state index contributed by atoms with van der Waals surface area (Å²) in [6.07, 6.45) is 1.33. The third kappa shape index (κ3) is 3.34. The predicted octanol–water partition coefficient (Wildman–Crippen LogP) is 3.13. The molecule has 0 radical (unpaired) electrons. The number of halogens is 1. The molecule has 3 aromatic rings. The molecular formula is C19H17ClN4O2. The lowest BCUT2D eigenvalue weighted by atomic mass is 10.1. The molecule has 0 aliphatic carbocycles. The predicted molar refractivity (Wildman–Crippen MR) is 97.4 cm³/mol. The van der Waals surface area contributed by atoms with Gasteiger partial charge in [-0.3, -0.25) is 4.79 Å². The molecule has 1 fully saturated rings. The first kappa shape index (κ1) is 16.8. The number of carbonyl (C=O) groups is 1. The Balaban J connectivity index is 1.55. The molecule has 1 aromatic heterocycles. The number of amides is 1. The van der Waals surface area contributed by atoms with E-state index in [-0.39, 0.29) is 12.0 Å². The van der Waals surface area contributed by atoms with Gasteiger partial charge in [0.25, 0.3) is 5.91 Å². The van der Waals surface area contributed by atoms with Gasteiger partial charge in [0.15, 0.2) is 5.69 Å². The van der Waals surface area contributed by atoms with Crippen LogP contribution in [0.3, 0.4) is 0 Å². The Hall–Kier alpha value is -2.70. The number of para-hydroxylation sites is 1. The Kier molecular flexibility index (Phi) is 4.69. The summed E-state index contributed by atoms with van der Waals surface area (Å²) in [4.78, 5) is 14.8. The minimum Gasteiger partial charge on any atom is -0.370 e. The van der Waals surface area contributed by atoms with Gasteiger partial charge in [-0.05, 0) is 29.8 Å². The van der Waals surface area contributed by atoms with Gasteiger partial charge < -0.3 is 9.64 Å². The fourth-order valence-electron chi connectivity index (χ4n) is 3.02. The monoisotopic (exact) mass is 368 g/mol. The molecular weight excluding hydrogens is 352 g/mol. The van der Waals surface area contributed by atoms with Crippen molar-refractivity contribution in [1.29, 1.82) is 0 Å². The maximum absolute atomic E-state index is 13.0. The molecule has 0 spiro atoms. The summed E-state index contributed by atoms with van der Waals surface area (Å²) < 4.78 is 7.41. The topological polar surface area (TPSA) is 60.2 Å². The van der Waals surface area contributed by atoms with Crippen LogP contribution in [0.4, 0.5) is 0 Å². The van der Waals surface area contributed by atoms with Gasteiger partial charge in [0.05, 0.1) is 25.0 Å². The number of hydrogen-bond donors (Lipinski definition) is 0. The van der Waals surface area contributed by atoms with Crippen LogP contribution in [-0.4, -0.2) is 45.5 Å². The SMILES string of the molecule is O=C(c1cnnn1-c1ccccc1)N1CCO[C@H](c2ccc(Cl)cc2)C1. The van der Waals surface area contributed by atoms with Crippen molar-refractivity contribution >= 4 is 17.5 Å². The Morgan fingerprint density at radius 1 is 1.12 bits per heavy atom. The van der Waals surface area contributed by atoms with Crippen LogP contribution in [0.2, 0.25) is 5.02 Å². The van der Waals surface area contributed by atoms with Crippen molar-refractivity contribution in [3.05, 3.63) is 77.1 Å². The van der Waals surface area contributed by atoms with E-state index in [0.29, 0.717) is 30.4 Å². The van der Waals surface area contributed by atoms with Gasteiger partial charge in [-0.2, -0.15) is 0 Å². The first-order chi connectivity index (χ1) is 12.7. The average Bonchev–Trinajstić information content (AvgIpc) is 3.18. The molecule has 4 rings (SSSR count). The number of morpholine rings is 1. The first-order valence-electron chi connectivity index (χ1n) is 8.35. The molecule has 1 atom stereocenters. The fraction of sp³-hybridized carbons (Fsp3) is 0.211. The molecule has 1 aliphatic rings. The number of aromatic nitrogens is 3. The van der Waals surface area contributed by atoms with Gasteiger partial charge in [0.2, 0.25) is 0 Å². The van der Waals surface area contributed by atoms with Crippen LogP contribution < -0.4 is 0 Å². The summed E-state index contributed by atoms with van der Waals surface area (Å²) in [5.41, 5.74) is 2.24. The highest BCUT2D eigenvalue weighted by Crippen LogP contribution is 2.25. The average molecular weight is 369 g/mol. The van der Waals surface area contributed by atoms with E-state index in [4.69, 9.17) is 16.3 Å². The van der Waals surface area contributed by atoms with Crippen molar-refractivity contribution < 1.29 is 9.53 Å². The molecule has 2 heterocycles. The van der Waals surface area contributed by atoms with Crippen LogP contribution in [0, 0.1) is 0 Å². The van der Waals surface area contributed by atoms with Crippen LogP contribution >= 0.6 is 11.6 Å². The molecule has 26 heavy (non-hydrogen) atoms. The van der Waals surface area contributed by atoms with E-state index in [9.17, 15) is 4.79 Å². The van der Waals surface area contributed by atoms with Gasteiger partial charge >= 0.3 is 0 Å². The molecule has 0 bridgehead atoms. The lowest BCUT2D eigenvalue weighted by Crippen LogP contribution is -2.42. The Labute approximate surface area is 155 Å². The second-order valence-corrected chi connectivity index (χ2v) is 6.47. The fourth-order valence-corrected chi connectivity index (χ4v) is 3.14. The van der Waals surface area contributed by atoms with Gasteiger partial charge in [-0.25, -0.2) is 4.68 Å². The van der Waals surface area contributed by atoms with E-state index in [1.165, 1.54) is 6.20 Å². The van der Waals surface area contributed by atoms with Gasteiger partial charge in [0, 0.05) is 11.6 Å². The minimum atomic E-state index is -0.175. The number of benzene rings is 2. The van der Waals surface area contributed by atoms with Crippen LogP contribution in [-0.2, 0) is 4.74 Å². The number of ether oxygens (including phenoxy) is 1. The molecule has 1 amide bonds. The largest absolute Gasteiger partial charge is 0.370 e. The zero-order valence-corrected chi connectivity index (χ0v) is 14.7. The summed E-state index contributed by atoms with van der Waals surface area (Å²) in [6.45, 7) is 1.48. The van der Waals surface area contributed by atoms with Crippen molar-refractivity contribution in [2.75, 3.05) is 19.7 Å². The van der Waals surface area contributed by atoms with Gasteiger partial charge in [-0.15, -0.1) is 5.10 Å². The summed E-state index contributed by atoms with van der Waals surface area (Å²) >= 11 is 5.95. The van der Waals surface area contributed by atoms with Gasteiger partial charge in [0.1, 0.15) is 6.10 Å². The molecule has 1 aliphatic heterocycles. The van der Waals surface area contributed by atoms with Crippen LogP contribution in [0.15, 0.2) is 60.8 Å². The highest BCUT2D eigenvalue weighted by molar-refractivity contribution is 6.30. The summed E-state index contributed by atoms with van der Waals surface area (Å²) in [5, 5.41) is 8.66. The Bertz CT molecular complexity index is 895. The van der Waals surface area contributed by atoms with Crippen molar-refractivity contribution in [1.82, 2.24) is 19.9 Å². The van der Waals surface area contributed by atoms with Crippen molar-refractivity contribution in [2.24, 2.45) is 0 Å². The highest BCUT2D eigenvalue weighted by Gasteiger charge is 2.28.